The van der Waals surface area contributed by atoms with Crippen molar-refractivity contribution in [3.63, 3.8) is 0 Å². The van der Waals surface area contributed by atoms with Gasteiger partial charge in [-0.15, -0.1) is 0 Å². The summed E-state index contributed by atoms with van der Waals surface area (Å²) in [5.41, 5.74) is 3.80. The molecule has 3 aromatic carbocycles. The van der Waals surface area contributed by atoms with E-state index in [1.54, 1.807) is 55.6 Å². The molecule has 226 valence electrons. The van der Waals surface area contributed by atoms with E-state index < -0.39 is 28.5 Å². The lowest BCUT2D eigenvalue weighted by molar-refractivity contribution is -0.140. The summed E-state index contributed by atoms with van der Waals surface area (Å²) in [7, 11) is -2.54. The summed E-state index contributed by atoms with van der Waals surface area (Å²) in [5.74, 6) is -0.0568. The molecule has 0 bridgehead atoms. The second-order valence-electron chi connectivity index (χ2n) is 10.5. The SMILES string of the molecule is CCCCNC(=O)[C@@H](CC)N(Cc1ccc(OC)cc1)C(=O)CN(c1cccc(C)c1C)S(=O)(=O)c1ccc(C)cc1. The number of anilines is 1. The van der Waals surface area contributed by atoms with Crippen LogP contribution in [0.2, 0.25) is 0 Å². The molecule has 0 fully saturated rings. The van der Waals surface area contributed by atoms with Crippen LogP contribution in [0.1, 0.15) is 55.4 Å². The average Bonchev–Trinajstić information content (AvgIpc) is 2.98. The van der Waals surface area contributed by atoms with Gasteiger partial charge in [-0.1, -0.05) is 62.2 Å². The third-order valence-electron chi connectivity index (χ3n) is 7.46. The molecule has 42 heavy (non-hydrogen) atoms. The van der Waals surface area contributed by atoms with Gasteiger partial charge in [0, 0.05) is 13.1 Å². The largest absolute Gasteiger partial charge is 0.497 e. The second-order valence-corrected chi connectivity index (χ2v) is 12.3. The van der Waals surface area contributed by atoms with E-state index in [1.807, 2.05) is 52.8 Å². The van der Waals surface area contributed by atoms with E-state index in [0.29, 0.717) is 24.4 Å². The molecule has 0 saturated carbocycles. The molecular weight excluding hydrogens is 550 g/mol. The molecule has 0 aromatic heterocycles. The maximum Gasteiger partial charge on any atom is 0.264 e. The Balaban J connectivity index is 2.07. The summed E-state index contributed by atoms with van der Waals surface area (Å²) in [6.45, 7) is 9.70. The number of methoxy groups -OCH3 is 1. The Morgan fingerprint density at radius 1 is 0.929 bits per heavy atom. The molecule has 9 heteroatoms. The molecule has 1 atom stereocenters. The molecule has 3 aromatic rings. The van der Waals surface area contributed by atoms with E-state index in [9.17, 15) is 18.0 Å². The van der Waals surface area contributed by atoms with E-state index in [0.717, 1.165) is 35.1 Å². The van der Waals surface area contributed by atoms with Crippen LogP contribution in [-0.2, 0) is 26.2 Å². The van der Waals surface area contributed by atoms with Crippen LogP contribution in [0.3, 0.4) is 0 Å². The fourth-order valence-electron chi connectivity index (χ4n) is 4.71. The zero-order valence-electron chi connectivity index (χ0n) is 25.5. The van der Waals surface area contributed by atoms with Crippen LogP contribution in [0.25, 0.3) is 0 Å². The van der Waals surface area contributed by atoms with Crippen LogP contribution in [0.4, 0.5) is 5.69 Å². The third kappa shape index (κ3) is 7.91. The first kappa shape index (κ1) is 32.7. The van der Waals surface area contributed by atoms with Crippen LogP contribution < -0.4 is 14.4 Å². The molecule has 0 radical (unpaired) electrons. The highest BCUT2D eigenvalue weighted by molar-refractivity contribution is 7.92. The number of unbranched alkanes of at least 4 members (excludes halogenated alkanes) is 1. The van der Waals surface area contributed by atoms with E-state index >= 15 is 0 Å². The van der Waals surface area contributed by atoms with Crippen molar-refractivity contribution < 1.29 is 22.7 Å². The van der Waals surface area contributed by atoms with Gasteiger partial charge in [-0.05, 0) is 80.6 Å². The molecule has 2 amide bonds. The Kier molecular flexibility index (Phi) is 11.6. The topological polar surface area (TPSA) is 96.0 Å². The third-order valence-corrected chi connectivity index (χ3v) is 9.23. The maximum atomic E-state index is 14.2. The van der Waals surface area contributed by atoms with E-state index in [-0.39, 0.29) is 17.3 Å². The molecule has 0 aliphatic carbocycles. The highest BCUT2D eigenvalue weighted by Crippen LogP contribution is 2.29. The van der Waals surface area contributed by atoms with Crippen LogP contribution in [0, 0.1) is 20.8 Å². The zero-order valence-corrected chi connectivity index (χ0v) is 26.3. The van der Waals surface area contributed by atoms with Gasteiger partial charge in [0.05, 0.1) is 17.7 Å². The number of nitrogens with zero attached hydrogens (tertiary/aromatic N) is 2. The molecule has 0 saturated heterocycles. The van der Waals surface area contributed by atoms with Crippen molar-refractivity contribution in [2.75, 3.05) is 24.5 Å². The molecule has 0 spiro atoms. The minimum absolute atomic E-state index is 0.0906. The predicted octanol–water partition coefficient (Wildman–Crippen LogP) is 5.54. The smallest absolute Gasteiger partial charge is 0.264 e. The number of hydrogen-bond acceptors (Lipinski definition) is 5. The van der Waals surface area contributed by atoms with Crippen LogP contribution in [0.15, 0.2) is 71.6 Å². The summed E-state index contributed by atoms with van der Waals surface area (Å²) in [6, 6.07) is 18.5. The Morgan fingerprint density at radius 2 is 1.60 bits per heavy atom. The van der Waals surface area contributed by atoms with Crippen molar-refractivity contribution in [2.24, 2.45) is 0 Å². The van der Waals surface area contributed by atoms with Crippen molar-refractivity contribution in [2.45, 2.75) is 71.4 Å². The number of nitrogens with one attached hydrogen (secondary N) is 1. The minimum Gasteiger partial charge on any atom is -0.497 e. The number of sulfonamides is 1. The number of hydrogen-bond donors (Lipinski definition) is 1. The van der Waals surface area contributed by atoms with Gasteiger partial charge in [0.2, 0.25) is 11.8 Å². The summed E-state index contributed by atoms with van der Waals surface area (Å²) >= 11 is 0. The van der Waals surface area contributed by atoms with E-state index in [1.165, 1.54) is 9.21 Å². The number of benzene rings is 3. The molecular formula is C33H43N3O5S. The molecule has 0 unspecified atom stereocenters. The Bertz CT molecular complexity index is 1450. The Labute approximate surface area is 250 Å². The average molecular weight is 594 g/mol. The number of carbonyl (C=O) groups excluding carboxylic acids is 2. The summed E-state index contributed by atoms with van der Waals surface area (Å²) in [4.78, 5) is 29.1. The first-order valence-corrected chi connectivity index (χ1v) is 15.8. The molecule has 0 aliphatic heterocycles. The summed E-state index contributed by atoms with van der Waals surface area (Å²) in [6.07, 6.45) is 2.12. The van der Waals surface area contributed by atoms with Gasteiger partial charge < -0.3 is 15.0 Å². The lowest BCUT2D eigenvalue weighted by Gasteiger charge is -2.33. The van der Waals surface area contributed by atoms with Crippen molar-refractivity contribution in [1.82, 2.24) is 10.2 Å². The standard InChI is InChI=1S/C33H43N3O5S/c1-7-9-21-34-33(38)30(8-2)35(22-27-15-17-28(41-6)18-16-27)32(37)23-36(31-12-10-11-25(4)26(31)5)42(39,40)29-19-13-24(3)14-20-29/h10-20,30H,7-9,21-23H2,1-6H3,(H,34,38)/t30-/m1/s1. The molecule has 0 aliphatic rings. The first-order chi connectivity index (χ1) is 20.0. The minimum atomic E-state index is -4.12. The van der Waals surface area contributed by atoms with Crippen LogP contribution in [0.5, 0.6) is 5.75 Å². The normalized spacial score (nSPS) is 12.0. The van der Waals surface area contributed by atoms with Crippen molar-refractivity contribution >= 4 is 27.5 Å². The fraction of sp³-hybridized carbons (Fsp3) is 0.394. The quantitative estimate of drug-likeness (QED) is 0.248. The predicted molar refractivity (Wildman–Crippen MR) is 167 cm³/mol. The molecule has 8 nitrogen and oxygen atoms in total. The number of rotatable bonds is 14. The summed E-state index contributed by atoms with van der Waals surface area (Å²) in [5, 5.41) is 2.95. The highest BCUT2D eigenvalue weighted by Gasteiger charge is 2.34. The van der Waals surface area contributed by atoms with E-state index in [4.69, 9.17) is 4.74 Å². The van der Waals surface area contributed by atoms with Gasteiger partial charge in [-0.2, -0.15) is 0 Å². The van der Waals surface area contributed by atoms with Gasteiger partial charge in [0.1, 0.15) is 18.3 Å². The maximum absolute atomic E-state index is 14.2. The van der Waals surface area contributed by atoms with Gasteiger partial charge in [0.25, 0.3) is 10.0 Å². The lowest BCUT2D eigenvalue weighted by atomic mass is 10.1. The van der Waals surface area contributed by atoms with E-state index in [2.05, 4.69) is 5.32 Å². The summed E-state index contributed by atoms with van der Waals surface area (Å²) < 4.78 is 34.7. The zero-order chi connectivity index (χ0) is 30.9. The van der Waals surface area contributed by atoms with Gasteiger partial charge in [0.15, 0.2) is 0 Å². The number of aryl methyl sites for hydroxylation is 2. The Hall–Kier alpha value is -3.85. The number of carbonyl (C=O) groups is 2. The molecule has 1 N–H and O–H groups in total. The first-order valence-electron chi connectivity index (χ1n) is 14.4. The van der Waals surface area contributed by atoms with Crippen molar-refractivity contribution in [1.29, 1.82) is 0 Å². The van der Waals surface area contributed by atoms with Crippen LogP contribution >= 0.6 is 0 Å². The van der Waals surface area contributed by atoms with Crippen molar-refractivity contribution in [3.8, 4) is 5.75 Å². The fourth-order valence-corrected chi connectivity index (χ4v) is 6.18. The van der Waals surface area contributed by atoms with Crippen molar-refractivity contribution in [3.05, 3.63) is 89.0 Å². The van der Waals surface area contributed by atoms with Crippen LogP contribution in [-0.4, -0.2) is 51.4 Å². The van der Waals surface area contributed by atoms with Gasteiger partial charge >= 0.3 is 0 Å². The molecule has 0 heterocycles. The second kappa shape index (κ2) is 14.9. The molecule has 3 rings (SSSR count). The van der Waals surface area contributed by atoms with Gasteiger partial charge in [-0.25, -0.2) is 8.42 Å². The monoisotopic (exact) mass is 593 g/mol. The number of ether oxygens (including phenoxy) is 1. The Morgan fingerprint density at radius 3 is 2.19 bits per heavy atom. The lowest BCUT2D eigenvalue weighted by Crippen LogP contribution is -2.52. The number of amides is 2. The highest BCUT2D eigenvalue weighted by atomic mass is 32.2. The van der Waals surface area contributed by atoms with Gasteiger partial charge in [-0.3, -0.25) is 13.9 Å².